The second kappa shape index (κ2) is 4.06. The third-order valence-corrected chi connectivity index (χ3v) is 1.78. The summed E-state index contributed by atoms with van der Waals surface area (Å²) in [6, 6.07) is 2.14. The van der Waals surface area contributed by atoms with Crippen LogP contribution < -0.4 is 5.73 Å². The van der Waals surface area contributed by atoms with Gasteiger partial charge >= 0.3 is 5.97 Å². The van der Waals surface area contributed by atoms with E-state index in [4.69, 9.17) is 5.73 Å². The lowest BCUT2D eigenvalue weighted by atomic mass is 10.1. The van der Waals surface area contributed by atoms with Crippen molar-refractivity contribution in [2.45, 2.75) is 6.04 Å². The Morgan fingerprint density at radius 3 is 2.79 bits per heavy atom. The van der Waals surface area contributed by atoms with E-state index in [1.807, 2.05) is 0 Å². The number of hydrogen-bond acceptors (Lipinski definition) is 4. The molecule has 0 heterocycles. The Bertz CT molecular complexity index is 354. The number of phenols is 1. The molecule has 1 rings (SSSR count). The minimum Gasteiger partial charge on any atom is -0.507 e. The average Bonchev–Trinajstić information content (AvgIpc) is 2.15. The Hall–Kier alpha value is -1.62. The summed E-state index contributed by atoms with van der Waals surface area (Å²) in [4.78, 5) is 11.0. The van der Waals surface area contributed by atoms with Crippen molar-refractivity contribution in [3.05, 3.63) is 29.6 Å². The third-order valence-electron chi connectivity index (χ3n) is 1.78. The SMILES string of the molecule is COC(=O)[C@@H](N)c1ccc(F)cc1O. The first-order valence-electron chi connectivity index (χ1n) is 3.88. The van der Waals surface area contributed by atoms with Gasteiger partial charge in [0.15, 0.2) is 0 Å². The summed E-state index contributed by atoms with van der Waals surface area (Å²) in [5.41, 5.74) is 5.58. The Balaban J connectivity index is 3.01. The van der Waals surface area contributed by atoms with E-state index in [1.165, 1.54) is 13.2 Å². The van der Waals surface area contributed by atoms with Gasteiger partial charge in [-0.15, -0.1) is 0 Å². The van der Waals surface area contributed by atoms with E-state index in [-0.39, 0.29) is 11.3 Å². The van der Waals surface area contributed by atoms with E-state index >= 15 is 0 Å². The molecule has 0 saturated carbocycles. The molecule has 0 aliphatic rings. The van der Waals surface area contributed by atoms with Gasteiger partial charge in [0.25, 0.3) is 0 Å². The molecule has 0 aliphatic heterocycles. The van der Waals surface area contributed by atoms with Crippen LogP contribution in [0.3, 0.4) is 0 Å². The molecular weight excluding hydrogens is 189 g/mol. The molecule has 0 radical (unpaired) electrons. The van der Waals surface area contributed by atoms with Crippen LogP contribution in [0.4, 0.5) is 4.39 Å². The smallest absolute Gasteiger partial charge is 0.327 e. The Labute approximate surface area is 80.1 Å². The maximum atomic E-state index is 12.6. The maximum absolute atomic E-state index is 12.6. The number of methoxy groups -OCH3 is 1. The van der Waals surface area contributed by atoms with Crippen molar-refractivity contribution in [2.24, 2.45) is 5.73 Å². The zero-order valence-electron chi connectivity index (χ0n) is 7.53. The summed E-state index contributed by atoms with van der Waals surface area (Å²) in [5, 5.41) is 9.28. The van der Waals surface area contributed by atoms with Crippen molar-refractivity contribution in [2.75, 3.05) is 7.11 Å². The van der Waals surface area contributed by atoms with Gasteiger partial charge in [0.2, 0.25) is 0 Å². The van der Waals surface area contributed by atoms with E-state index in [0.29, 0.717) is 0 Å². The highest BCUT2D eigenvalue weighted by Crippen LogP contribution is 2.23. The number of ether oxygens (including phenoxy) is 1. The number of rotatable bonds is 2. The second-order valence-electron chi connectivity index (χ2n) is 2.70. The third kappa shape index (κ3) is 2.00. The lowest BCUT2D eigenvalue weighted by Gasteiger charge is -2.10. The van der Waals surface area contributed by atoms with E-state index in [2.05, 4.69) is 4.74 Å². The molecule has 0 spiro atoms. The van der Waals surface area contributed by atoms with Gasteiger partial charge in [-0.1, -0.05) is 6.07 Å². The van der Waals surface area contributed by atoms with Crippen molar-refractivity contribution < 1.29 is 19.0 Å². The highest BCUT2D eigenvalue weighted by molar-refractivity contribution is 5.78. The second-order valence-corrected chi connectivity index (χ2v) is 2.70. The molecule has 0 aliphatic carbocycles. The summed E-state index contributed by atoms with van der Waals surface area (Å²) in [6.45, 7) is 0. The average molecular weight is 199 g/mol. The largest absolute Gasteiger partial charge is 0.507 e. The molecule has 76 valence electrons. The summed E-state index contributed by atoms with van der Waals surface area (Å²) >= 11 is 0. The van der Waals surface area contributed by atoms with E-state index in [1.54, 1.807) is 0 Å². The zero-order valence-corrected chi connectivity index (χ0v) is 7.53. The van der Waals surface area contributed by atoms with Crippen LogP contribution in [-0.2, 0) is 9.53 Å². The quantitative estimate of drug-likeness (QED) is 0.688. The number of nitrogens with two attached hydrogens (primary N) is 1. The van der Waals surface area contributed by atoms with Gasteiger partial charge in [-0.3, -0.25) is 4.79 Å². The van der Waals surface area contributed by atoms with E-state index in [0.717, 1.165) is 12.1 Å². The first kappa shape index (κ1) is 10.5. The minimum absolute atomic E-state index is 0.137. The van der Waals surface area contributed by atoms with Gasteiger partial charge in [0.1, 0.15) is 17.6 Å². The summed E-state index contributed by atoms with van der Waals surface area (Å²) in [5.74, 6) is -1.64. The predicted molar refractivity (Wildman–Crippen MR) is 47.0 cm³/mol. The Morgan fingerprint density at radius 2 is 2.29 bits per heavy atom. The van der Waals surface area contributed by atoms with Crippen molar-refractivity contribution in [3.8, 4) is 5.75 Å². The monoisotopic (exact) mass is 199 g/mol. The van der Waals surface area contributed by atoms with E-state index < -0.39 is 17.8 Å². The van der Waals surface area contributed by atoms with Crippen LogP contribution in [0.1, 0.15) is 11.6 Å². The topological polar surface area (TPSA) is 72.5 Å². The van der Waals surface area contributed by atoms with Crippen LogP contribution in [-0.4, -0.2) is 18.2 Å². The maximum Gasteiger partial charge on any atom is 0.327 e. The highest BCUT2D eigenvalue weighted by atomic mass is 19.1. The number of benzene rings is 1. The number of esters is 1. The fourth-order valence-electron chi connectivity index (χ4n) is 1.03. The predicted octanol–water partition coefficient (Wildman–Crippen LogP) is 0.704. The molecule has 3 N–H and O–H groups in total. The molecule has 1 aromatic carbocycles. The molecular formula is C9H10FNO3. The number of halogens is 1. The number of carbonyl (C=O) groups is 1. The molecule has 5 heteroatoms. The van der Waals surface area contributed by atoms with Gasteiger partial charge in [0, 0.05) is 11.6 Å². The Morgan fingerprint density at radius 1 is 1.64 bits per heavy atom. The van der Waals surface area contributed by atoms with Crippen molar-refractivity contribution in [1.29, 1.82) is 0 Å². The molecule has 0 aromatic heterocycles. The van der Waals surface area contributed by atoms with Crippen LogP contribution in [0.2, 0.25) is 0 Å². The number of phenolic OH excluding ortho intramolecular Hbond substituents is 1. The normalized spacial score (nSPS) is 12.2. The van der Waals surface area contributed by atoms with Gasteiger partial charge < -0.3 is 15.6 Å². The molecule has 0 fully saturated rings. The van der Waals surface area contributed by atoms with E-state index in [9.17, 15) is 14.3 Å². The summed E-state index contributed by atoms with van der Waals surface area (Å²) in [6.07, 6.45) is 0. The van der Waals surface area contributed by atoms with Gasteiger partial charge in [-0.25, -0.2) is 4.39 Å². The minimum atomic E-state index is -1.10. The zero-order chi connectivity index (χ0) is 10.7. The number of aromatic hydroxyl groups is 1. The first-order chi connectivity index (χ1) is 6.56. The fourth-order valence-corrected chi connectivity index (χ4v) is 1.03. The van der Waals surface area contributed by atoms with Crippen LogP contribution in [0, 0.1) is 5.82 Å². The number of hydrogen-bond donors (Lipinski definition) is 2. The lowest BCUT2D eigenvalue weighted by molar-refractivity contribution is -0.142. The van der Waals surface area contributed by atoms with Crippen molar-refractivity contribution in [1.82, 2.24) is 0 Å². The van der Waals surface area contributed by atoms with Crippen molar-refractivity contribution >= 4 is 5.97 Å². The van der Waals surface area contributed by atoms with Gasteiger partial charge in [-0.2, -0.15) is 0 Å². The molecule has 4 nitrogen and oxygen atoms in total. The van der Waals surface area contributed by atoms with Gasteiger partial charge in [0.05, 0.1) is 7.11 Å². The number of carbonyl (C=O) groups excluding carboxylic acids is 1. The summed E-state index contributed by atoms with van der Waals surface area (Å²) < 4.78 is 17.0. The summed E-state index contributed by atoms with van der Waals surface area (Å²) in [7, 11) is 1.18. The molecule has 1 aromatic rings. The lowest BCUT2D eigenvalue weighted by Crippen LogP contribution is -2.22. The standard InChI is InChI=1S/C9H10FNO3/c1-14-9(13)8(11)6-3-2-5(10)4-7(6)12/h2-4,8,12H,11H2,1H3/t8-/m0/s1. The molecule has 0 saturated heterocycles. The molecule has 0 bridgehead atoms. The van der Waals surface area contributed by atoms with Gasteiger partial charge in [-0.05, 0) is 6.07 Å². The fraction of sp³-hybridized carbons (Fsp3) is 0.222. The van der Waals surface area contributed by atoms with Crippen molar-refractivity contribution in [3.63, 3.8) is 0 Å². The van der Waals surface area contributed by atoms with Crippen LogP contribution in [0.15, 0.2) is 18.2 Å². The molecule has 1 atom stereocenters. The Kier molecular flexibility index (Phi) is 3.03. The van der Waals surface area contributed by atoms with Crippen LogP contribution in [0.5, 0.6) is 5.75 Å². The van der Waals surface area contributed by atoms with Crippen LogP contribution in [0.25, 0.3) is 0 Å². The molecule has 0 amide bonds. The van der Waals surface area contributed by atoms with Crippen LogP contribution >= 0.6 is 0 Å². The molecule has 0 unspecified atom stereocenters. The highest BCUT2D eigenvalue weighted by Gasteiger charge is 2.19. The molecule has 14 heavy (non-hydrogen) atoms. The first-order valence-corrected chi connectivity index (χ1v) is 3.88.